The Bertz CT molecular complexity index is 359. The topological polar surface area (TPSA) is 49.3 Å². The lowest BCUT2D eigenvalue weighted by Crippen LogP contribution is -2.40. The third-order valence-corrected chi connectivity index (χ3v) is 3.55. The molecule has 0 aliphatic heterocycles. The molecule has 1 aromatic rings. The second kappa shape index (κ2) is 11.3. The zero-order valence-electron chi connectivity index (χ0n) is 11.7. The molecule has 6 heteroatoms. The molecule has 1 aromatic heterocycles. The van der Waals surface area contributed by atoms with Crippen LogP contribution in [0.1, 0.15) is 12.6 Å². The minimum atomic E-state index is 0. The summed E-state index contributed by atoms with van der Waals surface area (Å²) in [7, 11) is 1.79. The van der Waals surface area contributed by atoms with E-state index in [9.17, 15) is 0 Å². The Morgan fingerprint density at radius 1 is 1.42 bits per heavy atom. The van der Waals surface area contributed by atoms with Crippen LogP contribution in [0, 0.1) is 0 Å². The number of guanidine groups is 1. The van der Waals surface area contributed by atoms with Gasteiger partial charge in [-0.2, -0.15) is 11.8 Å². The van der Waals surface area contributed by atoms with Crippen LogP contribution in [-0.4, -0.2) is 42.6 Å². The Labute approximate surface area is 137 Å². The minimum absolute atomic E-state index is 0. The van der Waals surface area contributed by atoms with Gasteiger partial charge in [0.1, 0.15) is 0 Å². The quantitative estimate of drug-likeness (QED) is 0.441. The second-order valence-corrected chi connectivity index (χ2v) is 5.27. The van der Waals surface area contributed by atoms with E-state index in [0.29, 0.717) is 5.25 Å². The predicted octanol–water partition coefficient (Wildman–Crippen LogP) is 2.16. The average Bonchev–Trinajstić information content (AvgIpc) is 2.43. The largest absolute Gasteiger partial charge is 0.356 e. The van der Waals surface area contributed by atoms with Crippen molar-refractivity contribution in [1.29, 1.82) is 0 Å². The zero-order valence-corrected chi connectivity index (χ0v) is 14.9. The standard InChI is InChI=1S/C13H22N4S.HI/c1-11(18-3)10-17-13(14-2)16-9-7-12-6-4-5-8-15-12;/h4-6,8,11H,7,9-10H2,1-3H3,(H2,14,16,17);1H. The van der Waals surface area contributed by atoms with Crippen molar-refractivity contribution in [3.8, 4) is 0 Å². The molecule has 0 radical (unpaired) electrons. The summed E-state index contributed by atoms with van der Waals surface area (Å²) in [6.45, 7) is 3.95. The highest BCUT2D eigenvalue weighted by Crippen LogP contribution is 2.02. The minimum Gasteiger partial charge on any atom is -0.356 e. The van der Waals surface area contributed by atoms with Crippen LogP contribution < -0.4 is 10.6 Å². The first kappa shape index (κ1) is 18.5. The number of aromatic nitrogens is 1. The number of thioether (sulfide) groups is 1. The molecule has 0 amide bonds. The summed E-state index contributed by atoms with van der Waals surface area (Å²) >= 11 is 1.84. The molecule has 0 bridgehead atoms. The Morgan fingerprint density at radius 3 is 2.79 bits per heavy atom. The number of nitrogens with one attached hydrogen (secondary N) is 2. The van der Waals surface area contributed by atoms with Gasteiger partial charge in [-0.25, -0.2) is 0 Å². The van der Waals surface area contributed by atoms with Gasteiger partial charge in [0.05, 0.1) is 0 Å². The van der Waals surface area contributed by atoms with Crippen LogP contribution in [0.4, 0.5) is 0 Å². The van der Waals surface area contributed by atoms with E-state index in [2.05, 4.69) is 33.8 Å². The van der Waals surface area contributed by atoms with Gasteiger partial charge in [-0.05, 0) is 18.4 Å². The van der Waals surface area contributed by atoms with Crippen LogP contribution >= 0.6 is 35.7 Å². The third kappa shape index (κ3) is 8.30. The lowest BCUT2D eigenvalue weighted by molar-refractivity contribution is 0.774. The molecule has 1 heterocycles. The van der Waals surface area contributed by atoms with Crippen LogP contribution in [-0.2, 0) is 6.42 Å². The highest BCUT2D eigenvalue weighted by atomic mass is 127. The first-order valence-electron chi connectivity index (χ1n) is 6.13. The number of hydrogen-bond acceptors (Lipinski definition) is 3. The number of aliphatic imine (C=N–C) groups is 1. The number of hydrogen-bond donors (Lipinski definition) is 2. The van der Waals surface area contributed by atoms with E-state index >= 15 is 0 Å². The molecule has 0 aliphatic rings. The molecular weight excluding hydrogens is 371 g/mol. The Kier molecular flexibility index (Phi) is 11.0. The van der Waals surface area contributed by atoms with Crippen molar-refractivity contribution in [3.05, 3.63) is 30.1 Å². The highest BCUT2D eigenvalue weighted by Gasteiger charge is 2.01. The van der Waals surface area contributed by atoms with Gasteiger partial charge in [0.25, 0.3) is 0 Å². The van der Waals surface area contributed by atoms with Crippen LogP contribution in [0.5, 0.6) is 0 Å². The molecule has 19 heavy (non-hydrogen) atoms. The van der Waals surface area contributed by atoms with Crippen molar-refractivity contribution in [2.75, 3.05) is 26.4 Å². The summed E-state index contributed by atoms with van der Waals surface area (Å²) in [4.78, 5) is 8.48. The van der Waals surface area contributed by atoms with Gasteiger partial charge in [0.2, 0.25) is 0 Å². The van der Waals surface area contributed by atoms with Gasteiger partial charge in [0.15, 0.2) is 5.96 Å². The van der Waals surface area contributed by atoms with Crippen LogP contribution in [0.15, 0.2) is 29.4 Å². The van der Waals surface area contributed by atoms with Crippen molar-refractivity contribution in [1.82, 2.24) is 15.6 Å². The molecule has 0 saturated heterocycles. The van der Waals surface area contributed by atoms with Crippen LogP contribution in [0.2, 0.25) is 0 Å². The van der Waals surface area contributed by atoms with Crippen LogP contribution in [0.25, 0.3) is 0 Å². The summed E-state index contributed by atoms with van der Waals surface area (Å²) in [5.74, 6) is 0.854. The predicted molar refractivity (Wildman–Crippen MR) is 95.7 cm³/mol. The molecular formula is C13H23IN4S. The first-order chi connectivity index (χ1) is 8.76. The maximum atomic E-state index is 4.29. The average molecular weight is 394 g/mol. The number of halogens is 1. The first-order valence-corrected chi connectivity index (χ1v) is 7.42. The number of nitrogens with zero attached hydrogens (tertiary/aromatic N) is 2. The molecule has 1 rings (SSSR count). The molecule has 1 atom stereocenters. The van der Waals surface area contributed by atoms with Gasteiger partial charge in [0, 0.05) is 43.7 Å². The molecule has 2 N–H and O–H groups in total. The molecule has 0 saturated carbocycles. The molecule has 4 nitrogen and oxygen atoms in total. The van der Waals surface area contributed by atoms with Gasteiger partial charge < -0.3 is 10.6 Å². The zero-order chi connectivity index (χ0) is 13.2. The normalized spacial score (nSPS) is 12.5. The summed E-state index contributed by atoms with van der Waals surface area (Å²) in [6.07, 6.45) is 4.84. The van der Waals surface area contributed by atoms with Gasteiger partial charge in [-0.1, -0.05) is 13.0 Å². The second-order valence-electron chi connectivity index (χ2n) is 4.00. The van der Waals surface area contributed by atoms with E-state index in [1.54, 1.807) is 7.05 Å². The van der Waals surface area contributed by atoms with Crippen molar-refractivity contribution >= 4 is 41.7 Å². The van der Waals surface area contributed by atoms with Gasteiger partial charge in [-0.3, -0.25) is 9.98 Å². The highest BCUT2D eigenvalue weighted by molar-refractivity contribution is 14.0. The molecule has 0 fully saturated rings. The Hall–Kier alpha value is -0.500. The Balaban J connectivity index is 0.00000324. The maximum Gasteiger partial charge on any atom is 0.191 e. The fourth-order valence-electron chi connectivity index (χ4n) is 1.40. The summed E-state index contributed by atoms with van der Waals surface area (Å²) < 4.78 is 0. The van der Waals surface area contributed by atoms with E-state index in [-0.39, 0.29) is 24.0 Å². The van der Waals surface area contributed by atoms with Gasteiger partial charge >= 0.3 is 0 Å². The van der Waals surface area contributed by atoms with Crippen LogP contribution in [0.3, 0.4) is 0 Å². The molecule has 1 unspecified atom stereocenters. The van der Waals surface area contributed by atoms with E-state index in [1.807, 2.05) is 36.2 Å². The van der Waals surface area contributed by atoms with Crippen molar-refractivity contribution in [2.45, 2.75) is 18.6 Å². The fraction of sp³-hybridized carbons (Fsp3) is 0.538. The monoisotopic (exact) mass is 394 g/mol. The smallest absolute Gasteiger partial charge is 0.191 e. The maximum absolute atomic E-state index is 4.29. The molecule has 0 aromatic carbocycles. The van der Waals surface area contributed by atoms with E-state index < -0.39 is 0 Å². The van der Waals surface area contributed by atoms with E-state index in [4.69, 9.17) is 0 Å². The number of rotatable bonds is 6. The summed E-state index contributed by atoms with van der Waals surface area (Å²) in [6, 6.07) is 5.98. The Morgan fingerprint density at radius 2 is 2.21 bits per heavy atom. The molecule has 0 spiro atoms. The lowest BCUT2D eigenvalue weighted by atomic mass is 10.3. The van der Waals surface area contributed by atoms with Crippen molar-refractivity contribution in [3.63, 3.8) is 0 Å². The fourth-order valence-corrected chi connectivity index (χ4v) is 1.65. The summed E-state index contributed by atoms with van der Waals surface area (Å²) in [5.41, 5.74) is 1.10. The lowest BCUT2D eigenvalue weighted by Gasteiger charge is -2.14. The van der Waals surface area contributed by atoms with E-state index in [1.165, 1.54) is 0 Å². The summed E-state index contributed by atoms with van der Waals surface area (Å²) in [5, 5.41) is 7.17. The van der Waals surface area contributed by atoms with E-state index in [0.717, 1.165) is 31.2 Å². The molecule has 0 aliphatic carbocycles. The van der Waals surface area contributed by atoms with Crippen molar-refractivity contribution in [2.24, 2.45) is 4.99 Å². The van der Waals surface area contributed by atoms with Gasteiger partial charge in [-0.15, -0.1) is 24.0 Å². The SMILES string of the molecule is CN=C(NCCc1ccccn1)NCC(C)SC.I. The third-order valence-electron chi connectivity index (χ3n) is 2.58. The molecule has 108 valence electrons. The number of pyridine rings is 1. The van der Waals surface area contributed by atoms with Crippen molar-refractivity contribution < 1.29 is 0 Å².